The second-order valence-corrected chi connectivity index (χ2v) is 7.86. The van der Waals surface area contributed by atoms with Crippen molar-refractivity contribution in [1.29, 1.82) is 0 Å². The summed E-state index contributed by atoms with van der Waals surface area (Å²) in [6.07, 6.45) is -3.23. The number of halogens is 3. The highest BCUT2D eigenvalue weighted by molar-refractivity contribution is 6.23. The summed E-state index contributed by atoms with van der Waals surface area (Å²) in [5.41, 5.74) is 6.79. The number of imide groups is 1. The minimum absolute atomic E-state index is 0.131. The van der Waals surface area contributed by atoms with Gasteiger partial charge in [-0.05, 0) is 61.9 Å². The first-order chi connectivity index (χ1) is 15.0. The maximum atomic E-state index is 13.2. The van der Waals surface area contributed by atoms with Gasteiger partial charge in [-0.25, -0.2) is 9.69 Å². The van der Waals surface area contributed by atoms with Crippen molar-refractivity contribution >= 4 is 34.2 Å². The maximum Gasteiger partial charge on any atom is 0.573 e. The van der Waals surface area contributed by atoms with Gasteiger partial charge in [0.25, 0.3) is 5.91 Å². The zero-order valence-electron chi connectivity index (χ0n) is 17.2. The van der Waals surface area contributed by atoms with Gasteiger partial charge in [0.1, 0.15) is 11.3 Å². The number of nitrogens with zero attached hydrogens (tertiary/aromatic N) is 3. The Hall–Kier alpha value is -3.82. The standard InChI is InChI=1S/C22H19F3N4O3/c1-21(2)19(30)29(15-4-6-16(7-5-15)32-22(23,24)25)20(31)28(21)12-13-9-10-27-18-11-14(26)3-8-17(13)18/h3-11H,12,26H2,1-2H3. The van der Waals surface area contributed by atoms with Gasteiger partial charge in [0, 0.05) is 23.8 Å². The number of alkyl halides is 3. The summed E-state index contributed by atoms with van der Waals surface area (Å²) in [5.74, 6) is -0.936. The number of ether oxygens (including phenoxy) is 1. The van der Waals surface area contributed by atoms with Crippen LogP contribution < -0.4 is 15.4 Å². The van der Waals surface area contributed by atoms with Crippen LogP contribution in [0.2, 0.25) is 0 Å². The molecule has 0 aliphatic carbocycles. The van der Waals surface area contributed by atoms with Crippen LogP contribution in [0.25, 0.3) is 10.9 Å². The van der Waals surface area contributed by atoms with Crippen LogP contribution >= 0.6 is 0 Å². The van der Waals surface area contributed by atoms with E-state index in [1.54, 1.807) is 44.3 Å². The molecule has 1 aliphatic rings. The number of rotatable bonds is 4. The summed E-state index contributed by atoms with van der Waals surface area (Å²) in [6, 6.07) is 11.0. The van der Waals surface area contributed by atoms with E-state index in [0.717, 1.165) is 28.0 Å². The molecule has 1 aromatic heterocycles. The number of hydrogen-bond donors (Lipinski definition) is 1. The molecule has 1 saturated heterocycles. The summed E-state index contributed by atoms with van der Waals surface area (Å²) >= 11 is 0. The van der Waals surface area contributed by atoms with Gasteiger partial charge in [-0.15, -0.1) is 13.2 Å². The van der Waals surface area contributed by atoms with E-state index in [2.05, 4.69) is 9.72 Å². The molecule has 2 heterocycles. The second kappa shape index (κ2) is 7.40. The van der Waals surface area contributed by atoms with Gasteiger partial charge < -0.3 is 15.4 Å². The third kappa shape index (κ3) is 3.79. The first-order valence-electron chi connectivity index (χ1n) is 9.62. The number of urea groups is 1. The normalized spacial score (nSPS) is 16.2. The van der Waals surface area contributed by atoms with E-state index in [1.807, 2.05) is 0 Å². The van der Waals surface area contributed by atoms with Crippen molar-refractivity contribution in [2.45, 2.75) is 32.3 Å². The van der Waals surface area contributed by atoms with Crippen LogP contribution in [0.3, 0.4) is 0 Å². The molecule has 0 bridgehead atoms. The smallest absolute Gasteiger partial charge is 0.406 e. The average Bonchev–Trinajstić information content (AvgIpc) is 2.87. The van der Waals surface area contributed by atoms with Crippen molar-refractivity contribution < 1.29 is 27.5 Å². The molecule has 0 unspecified atom stereocenters. The number of anilines is 2. The van der Waals surface area contributed by atoms with E-state index in [1.165, 1.54) is 17.0 Å². The molecule has 3 aromatic rings. The zero-order valence-corrected chi connectivity index (χ0v) is 17.2. The number of aromatic nitrogens is 1. The van der Waals surface area contributed by atoms with Gasteiger partial charge in [0.05, 0.1) is 11.2 Å². The molecular formula is C22H19F3N4O3. The van der Waals surface area contributed by atoms with E-state index in [-0.39, 0.29) is 12.2 Å². The molecule has 4 rings (SSSR count). The van der Waals surface area contributed by atoms with Crippen molar-refractivity contribution in [3.05, 3.63) is 60.3 Å². The van der Waals surface area contributed by atoms with Gasteiger partial charge in [-0.1, -0.05) is 6.07 Å². The van der Waals surface area contributed by atoms with Crippen molar-refractivity contribution in [1.82, 2.24) is 9.88 Å². The SMILES string of the molecule is CC1(C)C(=O)N(c2ccc(OC(F)(F)F)cc2)C(=O)N1Cc1ccnc2cc(N)ccc12. The van der Waals surface area contributed by atoms with Crippen molar-refractivity contribution in [2.75, 3.05) is 10.6 Å². The first-order valence-corrected chi connectivity index (χ1v) is 9.62. The second-order valence-electron chi connectivity index (χ2n) is 7.86. The Labute approximate surface area is 181 Å². The molecule has 0 spiro atoms. The predicted molar refractivity (Wildman–Crippen MR) is 112 cm³/mol. The van der Waals surface area contributed by atoms with Gasteiger partial charge in [-0.2, -0.15) is 0 Å². The number of hydrogen-bond acceptors (Lipinski definition) is 5. The van der Waals surface area contributed by atoms with Crippen molar-refractivity contribution in [3.63, 3.8) is 0 Å². The Bertz CT molecular complexity index is 1210. The van der Waals surface area contributed by atoms with Crippen LogP contribution in [0.5, 0.6) is 5.75 Å². The summed E-state index contributed by atoms with van der Waals surface area (Å²) in [7, 11) is 0. The fourth-order valence-electron chi connectivity index (χ4n) is 3.66. The molecule has 10 heteroatoms. The summed E-state index contributed by atoms with van der Waals surface area (Å²) in [6.45, 7) is 3.37. The highest BCUT2D eigenvalue weighted by Crippen LogP contribution is 2.35. The van der Waals surface area contributed by atoms with Gasteiger partial charge >= 0.3 is 12.4 Å². The third-order valence-electron chi connectivity index (χ3n) is 5.34. The third-order valence-corrected chi connectivity index (χ3v) is 5.34. The molecule has 7 nitrogen and oxygen atoms in total. The zero-order chi connectivity index (χ0) is 23.3. The molecule has 2 N–H and O–H groups in total. The molecule has 166 valence electrons. The van der Waals surface area contributed by atoms with E-state index >= 15 is 0 Å². The number of carbonyl (C=O) groups excluding carboxylic acids is 2. The number of benzene rings is 2. The molecule has 1 fully saturated rings. The monoisotopic (exact) mass is 444 g/mol. The van der Waals surface area contributed by atoms with Gasteiger partial charge in [0.15, 0.2) is 0 Å². The van der Waals surface area contributed by atoms with E-state index in [4.69, 9.17) is 5.73 Å². The minimum Gasteiger partial charge on any atom is -0.406 e. The first kappa shape index (κ1) is 21.4. The molecular weight excluding hydrogens is 425 g/mol. The molecule has 1 aliphatic heterocycles. The lowest BCUT2D eigenvalue weighted by Crippen LogP contribution is -2.43. The summed E-state index contributed by atoms with van der Waals surface area (Å²) < 4.78 is 41.1. The van der Waals surface area contributed by atoms with Crippen molar-refractivity contribution in [3.8, 4) is 5.75 Å². The number of nitrogen functional groups attached to an aromatic ring is 1. The Morgan fingerprint density at radius 3 is 2.41 bits per heavy atom. The summed E-state index contributed by atoms with van der Waals surface area (Å²) in [4.78, 5) is 33.0. The minimum atomic E-state index is -4.84. The van der Waals surface area contributed by atoms with Crippen LogP contribution in [0.15, 0.2) is 54.7 Å². The van der Waals surface area contributed by atoms with Crippen molar-refractivity contribution in [2.24, 2.45) is 0 Å². The van der Waals surface area contributed by atoms with Crippen LogP contribution in [0, 0.1) is 0 Å². The number of nitrogens with two attached hydrogens (primary N) is 1. The average molecular weight is 444 g/mol. The van der Waals surface area contributed by atoms with Crippen LogP contribution in [-0.4, -0.2) is 33.7 Å². The lowest BCUT2D eigenvalue weighted by molar-refractivity contribution is -0.274. The van der Waals surface area contributed by atoms with Gasteiger partial charge in [0.2, 0.25) is 0 Å². The van der Waals surface area contributed by atoms with Crippen LogP contribution in [0.4, 0.5) is 29.3 Å². The Morgan fingerprint density at radius 1 is 1.06 bits per heavy atom. The fourth-order valence-corrected chi connectivity index (χ4v) is 3.66. The number of amides is 3. The van der Waals surface area contributed by atoms with E-state index in [0.29, 0.717) is 11.2 Å². The Balaban J connectivity index is 1.65. The lowest BCUT2D eigenvalue weighted by Gasteiger charge is -2.28. The number of carbonyl (C=O) groups is 2. The lowest BCUT2D eigenvalue weighted by atomic mass is 10.0. The molecule has 32 heavy (non-hydrogen) atoms. The highest BCUT2D eigenvalue weighted by atomic mass is 19.4. The molecule has 0 radical (unpaired) electrons. The maximum absolute atomic E-state index is 13.2. The number of fused-ring (bicyclic) bond motifs is 1. The molecule has 3 amide bonds. The molecule has 0 saturated carbocycles. The predicted octanol–water partition coefficient (Wildman–Crippen LogP) is 4.46. The highest BCUT2D eigenvalue weighted by Gasteiger charge is 2.51. The van der Waals surface area contributed by atoms with Crippen LogP contribution in [-0.2, 0) is 11.3 Å². The molecule has 0 atom stereocenters. The topological polar surface area (TPSA) is 88.8 Å². The van der Waals surface area contributed by atoms with E-state index in [9.17, 15) is 22.8 Å². The Morgan fingerprint density at radius 2 is 1.75 bits per heavy atom. The largest absolute Gasteiger partial charge is 0.573 e. The summed E-state index contributed by atoms with van der Waals surface area (Å²) in [5, 5.41) is 0.796. The van der Waals surface area contributed by atoms with Gasteiger partial charge in [-0.3, -0.25) is 9.78 Å². The van der Waals surface area contributed by atoms with Crippen LogP contribution in [0.1, 0.15) is 19.4 Å². The van der Waals surface area contributed by atoms with E-state index < -0.39 is 29.6 Å². The Kier molecular flexibility index (Phi) is 4.95. The fraction of sp³-hybridized carbons (Fsp3) is 0.227. The number of pyridine rings is 1. The molecule has 2 aromatic carbocycles. The quantitative estimate of drug-likeness (QED) is 0.474.